The van der Waals surface area contributed by atoms with Crippen molar-refractivity contribution in [1.82, 2.24) is 0 Å². The molecule has 0 radical (unpaired) electrons. The Kier molecular flexibility index (Phi) is 3.73. The van der Waals surface area contributed by atoms with Crippen LogP contribution in [0, 0.1) is 5.82 Å². The molecule has 0 aliphatic carbocycles. The number of benzene rings is 1. The molecule has 0 fully saturated rings. The van der Waals surface area contributed by atoms with E-state index < -0.39 is 25.4 Å². The molecule has 19 heavy (non-hydrogen) atoms. The third-order valence-electron chi connectivity index (χ3n) is 2.82. The summed E-state index contributed by atoms with van der Waals surface area (Å²) in [6.07, 6.45) is -0.177. The van der Waals surface area contributed by atoms with Crippen molar-refractivity contribution < 1.29 is 28.3 Å². The van der Waals surface area contributed by atoms with Crippen LogP contribution < -0.4 is 10.5 Å². The van der Waals surface area contributed by atoms with E-state index in [0.29, 0.717) is 11.1 Å². The summed E-state index contributed by atoms with van der Waals surface area (Å²) < 4.78 is 29.3. The van der Waals surface area contributed by atoms with Crippen LogP contribution in [0.3, 0.4) is 0 Å². The van der Waals surface area contributed by atoms with Crippen molar-refractivity contribution >= 4 is 13.6 Å². The summed E-state index contributed by atoms with van der Waals surface area (Å²) in [6.45, 7) is 0. The van der Waals surface area contributed by atoms with Gasteiger partial charge in [0.1, 0.15) is 6.04 Å². The predicted octanol–water partition coefficient (Wildman–Crippen LogP) is 0.335. The highest BCUT2D eigenvalue weighted by molar-refractivity contribution is 7.51. The first kappa shape index (κ1) is 14.1. The molecule has 1 unspecified atom stereocenters. The van der Waals surface area contributed by atoms with E-state index in [1.807, 2.05) is 0 Å². The summed E-state index contributed by atoms with van der Waals surface area (Å²) in [7, 11) is -4.13. The van der Waals surface area contributed by atoms with Gasteiger partial charge in [0, 0.05) is 12.0 Å². The highest BCUT2D eigenvalue weighted by Crippen LogP contribution is 2.36. The van der Waals surface area contributed by atoms with Crippen molar-refractivity contribution in [3.63, 3.8) is 0 Å². The fourth-order valence-corrected chi connectivity index (χ4v) is 2.44. The number of esters is 1. The monoisotopic (exact) mass is 289 g/mol. The molecule has 0 saturated carbocycles. The third kappa shape index (κ3) is 3.39. The summed E-state index contributed by atoms with van der Waals surface area (Å²) in [4.78, 5) is 28.8. The summed E-state index contributed by atoms with van der Waals surface area (Å²) in [5.41, 5.74) is 6.39. The molecule has 0 amide bonds. The molecule has 1 aromatic carbocycles. The van der Waals surface area contributed by atoms with Gasteiger partial charge in [-0.3, -0.25) is 4.57 Å². The number of carbonyl (C=O) groups excluding carboxylic acids is 1. The van der Waals surface area contributed by atoms with Crippen LogP contribution in [0.25, 0.3) is 0 Å². The molecule has 1 heterocycles. The van der Waals surface area contributed by atoms with Gasteiger partial charge >= 0.3 is 13.6 Å². The molecular formula is C11H13FNO5P. The lowest BCUT2D eigenvalue weighted by molar-refractivity contribution is -0.137. The molecule has 1 atom stereocenters. The van der Waals surface area contributed by atoms with E-state index in [2.05, 4.69) is 0 Å². The van der Waals surface area contributed by atoms with Gasteiger partial charge in [-0.25, -0.2) is 9.18 Å². The molecule has 6 nitrogen and oxygen atoms in total. The van der Waals surface area contributed by atoms with E-state index in [1.165, 1.54) is 0 Å². The molecule has 8 heteroatoms. The molecule has 0 bridgehead atoms. The number of ether oxygens (including phenoxy) is 1. The van der Waals surface area contributed by atoms with Crippen molar-refractivity contribution in [1.29, 1.82) is 0 Å². The van der Waals surface area contributed by atoms with E-state index in [0.717, 1.165) is 6.07 Å². The van der Waals surface area contributed by atoms with Gasteiger partial charge in [-0.05, 0) is 18.1 Å². The third-order valence-corrected chi connectivity index (χ3v) is 3.62. The van der Waals surface area contributed by atoms with Gasteiger partial charge in [-0.2, -0.15) is 0 Å². The van der Waals surface area contributed by atoms with Crippen LogP contribution in [0.4, 0.5) is 4.39 Å². The van der Waals surface area contributed by atoms with Gasteiger partial charge in [0.2, 0.25) is 0 Å². The van der Waals surface area contributed by atoms with Gasteiger partial charge < -0.3 is 20.3 Å². The predicted molar refractivity (Wildman–Crippen MR) is 64.3 cm³/mol. The topological polar surface area (TPSA) is 110 Å². The Hall–Kier alpha value is -1.27. The van der Waals surface area contributed by atoms with Gasteiger partial charge in [0.25, 0.3) is 0 Å². The Morgan fingerprint density at radius 3 is 2.79 bits per heavy atom. The maximum absolute atomic E-state index is 13.7. The maximum Gasteiger partial charge on any atom is 0.328 e. The Bertz CT molecular complexity index is 570. The summed E-state index contributed by atoms with van der Waals surface area (Å²) in [5, 5.41) is 0. The largest absolute Gasteiger partial charge is 0.422 e. The molecule has 0 spiro atoms. The highest BCUT2D eigenvalue weighted by atomic mass is 31.2. The first-order valence-electron chi connectivity index (χ1n) is 5.59. The molecule has 1 aromatic rings. The number of hydrogen-bond donors (Lipinski definition) is 3. The second kappa shape index (κ2) is 5.02. The number of fused-ring (bicyclic) bond motifs is 1. The molecule has 0 saturated heterocycles. The van der Waals surface area contributed by atoms with Gasteiger partial charge in [-0.1, -0.05) is 6.07 Å². The summed E-state index contributed by atoms with van der Waals surface area (Å²) in [5.74, 6) is -1.56. The number of nitrogens with two attached hydrogens (primary N) is 1. The second-order valence-electron chi connectivity index (χ2n) is 4.44. The van der Waals surface area contributed by atoms with Crippen LogP contribution >= 0.6 is 7.60 Å². The SMILES string of the molecule is NC1Cc2cc(CCP(=O)(O)O)cc(F)c2OC1=O. The zero-order valence-electron chi connectivity index (χ0n) is 9.88. The van der Waals surface area contributed by atoms with E-state index >= 15 is 0 Å². The molecule has 4 N–H and O–H groups in total. The maximum atomic E-state index is 13.7. The van der Waals surface area contributed by atoms with Crippen molar-refractivity contribution in [3.05, 3.63) is 29.1 Å². The normalized spacial score (nSPS) is 18.9. The Morgan fingerprint density at radius 1 is 1.47 bits per heavy atom. The average molecular weight is 289 g/mol. The molecule has 104 valence electrons. The summed E-state index contributed by atoms with van der Waals surface area (Å²) in [6, 6.07) is 1.82. The lowest BCUT2D eigenvalue weighted by Gasteiger charge is -2.21. The van der Waals surface area contributed by atoms with Crippen LogP contribution in [-0.2, 0) is 22.2 Å². The molecular weight excluding hydrogens is 276 g/mol. The quantitative estimate of drug-likeness (QED) is 0.420. The standard InChI is InChI=1S/C11H13FNO5P/c12-8-4-6(1-2-19(15,16)17)3-7-5-9(13)11(14)18-10(7)8/h3-4,9H,1-2,5,13H2,(H2,15,16,17). The molecule has 1 aliphatic rings. The zero-order chi connectivity index (χ0) is 14.2. The Labute approximate surface area is 108 Å². The number of hydrogen-bond acceptors (Lipinski definition) is 4. The van der Waals surface area contributed by atoms with Crippen molar-refractivity contribution in [2.45, 2.75) is 18.9 Å². The molecule has 2 rings (SSSR count). The fraction of sp³-hybridized carbons (Fsp3) is 0.364. The van der Waals surface area contributed by atoms with Crippen LogP contribution in [0.2, 0.25) is 0 Å². The van der Waals surface area contributed by atoms with Gasteiger partial charge in [0.05, 0.1) is 6.16 Å². The van der Waals surface area contributed by atoms with Crippen LogP contribution in [0.15, 0.2) is 12.1 Å². The minimum atomic E-state index is -4.13. The number of aryl methyl sites for hydroxylation is 1. The smallest absolute Gasteiger partial charge is 0.328 e. The van der Waals surface area contributed by atoms with E-state index in [9.17, 15) is 13.8 Å². The minimum absolute atomic E-state index is 0.0393. The molecule has 0 aromatic heterocycles. The van der Waals surface area contributed by atoms with Crippen molar-refractivity contribution in [3.8, 4) is 5.75 Å². The zero-order valence-corrected chi connectivity index (χ0v) is 10.8. The number of rotatable bonds is 3. The van der Waals surface area contributed by atoms with E-state index in [4.69, 9.17) is 20.3 Å². The second-order valence-corrected chi connectivity index (χ2v) is 6.21. The lowest BCUT2D eigenvalue weighted by Crippen LogP contribution is -2.39. The number of halogens is 1. The van der Waals surface area contributed by atoms with Crippen LogP contribution in [0.1, 0.15) is 11.1 Å². The summed E-state index contributed by atoms with van der Waals surface area (Å²) >= 11 is 0. The van der Waals surface area contributed by atoms with E-state index in [-0.39, 0.29) is 24.8 Å². The highest BCUT2D eigenvalue weighted by Gasteiger charge is 2.28. The van der Waals surface area contributed by atoms with Crippen LogP contribution in [-0.4, -0.2) is 28.0 Å². The van der Waals surface area contributed by atoms with Crippen molar-refractivity contribution in [2.24, 2.45) is 5.73 Å². The van der Waals surface area contributed by atoms with Crippen molar-refractivity contribution in [2.75, 3.05) is 6.16 Å². The van der Waals surface area contributed by atoms with Crippen LogP contribution in [0.5, 0.6) is 5.75 Å². The Morgan fingerprint density at radius 2 is 2.16 bits per heavy atom. The minimum Gasteiger partial charge on any atom is -0.422 e. The fourth-order valence-electron chi connectivity index (χ4n) is 1.89. The lowest BCUT2D eigenvalue weighted by atomic mass is 9.99. The Balaban J connectivity index is 2.26. The number of carbonyl (C=O) groups is 1. The molecule has 1 aliphatic heterocycles. The van der Waals surface area contributed by atoms with Gasteiger partial charge in [-0.15, -0.1) is 0 Å². The first-order valence-corrected chi connectivity index (χ1v) is 7.39. The van der Waals surface area contributed by atoms with E-state index in [1.54, 1.807) is 6.07 Å². The first-order chi connectivity index (χ1) is 8.76. The average Bonchev–Trinajstić information content (AvgIpc) is 2.28. The van der Waals surface area contributed by atoms with Gasteiger partial charge in [0.15, 0.2) is 11.6 Å².